The Balaban J connectivity index is 0.000000337. The van der Waals surface area contributed by atoms with Crippen molar-refractivity contribution in [3.8, 4) is 11.5 Å². The van der Waals surface area contributed by atoms with Gasteiger partial charge >= 0.3 is 26.2 Å². The van der Waals surface area contributed by atoms with Crippen LogP contribution in [0.1, 0.15) is 12.8 Å². The summed E-state index contributed by atoms with van der Waals surface area (Å²) in [7, 11) is 0. The van der Waals surface area contributed by atoms with Gasteiger partial charge in [-0.2, -0.15) is 12.2 Å². The monoisotopic (exact) mass is 444 g/mol. The molecule has 0 atom stereocenters. The van der Waals surface area contributed by atoms with Gasteiger partial charge in [-0.15, -0.1) is 12.8 Å². The molecule has 0 aromatic heterocycles. The summed E-state index contributed by atoms with van der Waals surface area (Å²) in [5, 5.41) is 17.1. The van der Waals surface area contributed by atoms with Crippen molar-refractivity contribution in [2.24, 2.45) is 0 Å². The topological polar surface area (TPSA) is 40.5 Å². The molecule has 0 aliphatic heterocycles. The van der Waals surface area contributed by atoms with Gasteiger partial charge < -0.3 is 10.2 Å². The number of aromatic hydroxyl groups is 2. The predicted octanol–water partition coefficient (Wildman–Crippen LogP) is 5.67. The van der Waals surface area contributed by atoms with E-state index in [2.05, 4.69) is 24.3 Å². The summed E-state index contributed by atoms with van der Waals surface area (Å²) in [5.41, 5.74) is 0. The molecule has 0 spiro atoms. The molecule has 2 aromatic rings. The number of allylic oxidation sites excluding steroid dienone is 8. The van der Waals surface area contributed by atoms with Crippen molar-refractivity contribution in [1.29, 1.82) is 0 Å². The summed E-state index contributed by atoms with van der Waals surface area (Å²) >= 11 is 0. The van der Waals surface area contributed by atoms with Crippen molar-refractivity contribution in [3.63, 3.8) is 0 Å². The summed E-state index contributed by atoms with van der Waals surface area (Å²) in [6, 6.07) is 10.4. The molecule has 0 saturated carbocycles. The van der Waals surface area contributed by atoms with Crippen LogP contribution in [0.5, 0.6) is 11.5 Å². The van der Waals surface area contributed by atoms with Crippen molar-refractivity contribution in [1.82, 2.24) is 0 Å². The smallest absolute Gasteiger partial charge is 0.508 e. The maximum absolute atomic E-state index is 12.0. The van der Waals surface area contributed by atoms with Gasteiger partial charge in [0.2, 0.25) is 0 Å². The molecule has 2 N–H and O–H groups in total. The first-order valence-corrected chi connectivity index (χ1v) is 7.90. The third-order valence-corrected chi connectivity index (χ3v) is 2.79. The second kappa shape index (κ2) is 16.0. The van der Waals surface area contributed by atoms with Gasteiger partial charge in [-0.25, -0.2) is 33.1 Å². The third-order valence-electron chi connectivity index (χ3n) is 2.79. The molecule has 0 saturated heterocycles. The van der Waals surface area contributed by atoms with Crippen LogP contribution in [0.2, 0.25) is 0 Å². The molecule has 4 rings (SSSR count). The van der Waals surface area contributed by atoms with Crippen LogP contribution in [0.3, 0.4) is 0 Å². The van der Waals surface area contributed by atoms with Crippen LogP contribution in [-0.2, 0) is 26.2 Å². The van der Waals surface area contributed by atoms with Crippen LogP contribution in [0.4, 0.5) is 8.78 Å². The zero-order valence-corrected chi connectivity index (χ0v) is 17.1. The largest absolute Gasteiger partial charge is 2.00 e. The molecular weight excluding hydrogens is 425 g/mol. The van der Waals surface area contributed by atoms with Crippen LogP contribution >= 0.6 is 0 Å². The predicted molar refractivity (Wildman–Crippen MR) is 99.3 cm³/mol. The quantitative estimate of drug-likeness (QED) is 0.513. The Morgan fingerprint density at radius 2 is 1.11 bits per heavy atom. The van der Waals surface area contributed by atoms with E-state index in [0.717, 1.165) is 25.0 Å². The molecule has 2 aromatic carbocycles. The fourth-order valence-electron chi connectivity index (χ4n) is 1.63. The molecule has 0 bridgehead atoms. The minimum atomic E-state index is -0.412. The van der Waals surface area contributed by atoms with Gasteiger partial charge in [-0.05, 0) is 24.3 Å². The van der Waals surface area contributed by atoms with Gasteiger partial charge in [0, 0.05) is 12.1 Å². The van der Waals surface area contributed by atoms with E-state index in [0.29, 0.717) is 0 Å². The van der Waals surface area contributed by atoms with E-state index in [-0.39, 0.29) is 37.7 Å². The van der Waals surface area contributed by atoms with Crippen molar-refractivity contribution in [2.75, 3.05) is 0 Å². The maximum atomic E-state index is 12.0. The first kappa shape index (κ1) is 24.7. The van der Waals surface area contributed by atoms with E-state index < -0.39 is 11.6 Å². The van der Waals surface area contributed by atoms with Gasteiger partial charge in [0.25, 0.3) is 0 Å². The Morgan fingerprint density at radius 1 is 0.704 bits per heavy atom. The normalized spacial score (nSPS) is 11.9. The minimum absolute atomic E-state index is 0. The van der Waals surface area contributed by atoms with Gasteiger partial charge in [0.1, 0.15) is 23.1 Å². The fraction of sp³-hybridized carbons (Fsp3) is 0.0909. The van der Waals surface area contributed by atoms with E-state index >= 15 is 0 Å². The van der Waals surface area contributed by atoms with Gasteiger partial charge in [0.05, 0.1) is 0 Å². The van der Waals surface area contributed by atoms with E-state index in [1.165, 1.54) is 36.4 Å². The van der Waals surface area contributed by atoms with Crippen molar-refractivity contribution >= 4 is 0 Å². The van der Waals surface area contributed by atoms with Crippen LogP contribution in [0.15, 0.2) is 85.0 Å². The third kappa shape index (κ3) is 14.6. The van der Waals surface area contributed by atoms with Crippen LogP contribution in [0, 0.1) is 23.8 Å². The average molecular weight is 446 g/mol. The summed E-state index contributed by atoms with van der Waals surface area (Å²) in [4.78, 5) is 0. The zero-order valence-electron chi connectivity index (χ0n) is 14.6. The maximum Gasteiger partial charge on any atom is 2.00 e. The van der Waals surface area contributed by atoms with Gasteiger partial charge in [-0.3, -0.25) is 12.2 Å². The van der Waals surface area contributed by atoms with Gasteiger partial charge in [-0.1, -0.05) is 12.1 Å². The molecule has 0 amide bonds. The first-order chi connectivity index (χ1) is 12.6. The summed E-state index contributed by atoms with van der Waals surface area (Å²) in [6.45, 7) is 0. The molecule has 5 heteroatoms. The number of benzene rings is 2. The second-order valence-corrected chi connectivity index (χ2v) is 4.97. The van der Waals surface area contributed by atoms with E-state index in [1.54, 1.807) is 0 Å². The Kier molecular flexibility index (Phi) is 14.6. The average Bonchev–Trinajstić information content (AvgIpc) is 3.34. The number of rotatable bonds is 0. The SMILES string of the molecule is Oc1cccc(F)c1.Oc1cccc(F)c1.[C-]1=CC=CC1.[C-]1=CC=CC1.[Zr+2]. The Hall–Kier alpha value is -2.26. The summed E-state index contributed by atoms with van der Waals surface area (Å²) < 4.78 is 24.0. The number of hydrogen-bond acceptors (Lipinski definition) is 2. The number of hydrogen-bond donors (Lipinski definition) is 2. The molecule has 27 heavy (non-hydrogen) atoms. The molecule has 0 unspecified atom stereocenters. The number of halogens is 2. The molecule has 2 aliphatic rings. The number of phenols is 2. The standard InChI is InChI=1S/2C6H5FO.2C5H5.Zr/c2*7-5-2-1-3-6(8)4-5;2*1-2-4-5-3-1;/h2*1-4,8H;2*1-3H,4H2;/q;;2*-1;+2. The molecule has 0 fully saturated rings. The van der Waals surface area contributed by atoms with Crippen molar-refractivity contribution in [2.45, 2.75) is 12.8 Å². The number of phenolic OH excluding ortho intramolecular Hbond substituents is 2. The summed E-state index contributed by atoms with van der Waals surface area (Å²) in [5.74, 6) is -0.898. The fourth-order valence-corrected chi connectivity index (χ4v) is 1.63. The van der Waals surface area contributed by atoms with E-state index in [1.807, 2.05) is 24.3 Å². The zero-order chi connectivity index (χ0) is 19.0. The second-order valence-electron chi connectivity index (χ2n) is 4.97. The van der Waals surface area contributed by atoms with E-state index in [9.17, 15) is 8.78 Å². The molecule has 0 heterocycles. The van der Waals surface area contributed by atoms with Crippen LogP contribution in [-0.4, -0.2) is 10.2 Å². The van der Waals surface area contributed by atoms with Crippen molar-refractivity contribution in [3.05, 3.63) is 109 Å². The molecule has 0 radical (unpaired) electrons. The van der Waals surface area contributed by atoms with Gasteiger partial charge in [0.15, 0.2) is 0 Å². The molecule has 2 aliphatic carbocycles. The first-order valence-electron chi connectivity index (χ1n) is 7.90. The van der Waals surface area contributed by atoms with Crippen LogP contribution < -0.4 is 0 Å². The minimum Gasteiger partial charge on any atom is -0.508 e. The van der Waals surface area contributed by atoms with Crippen LogP contribution in [0.25, 0.3) is 0 Å². The van der Waals surface area contributed by atoms with E-state index in [4.69, 9.17) is 10.2 Å². The Morgan fingerprint density at radius 3 is 1.26 bits per heavy atom. The Labute approximate surface area is 178 Å². The molecular formula is C22H20F2O2Zr. The molecule has 2 nitrogen and oxygen atoms in total. The molecule has 138 valence electrons. The van der Waals surface area contributed by atoms with Crippen molar-refractivity contribution < 1.29 is 45.2 Å². The Bertz CT molecular complexity index is 648. The summed E-state index contributed by atoms with van der Waals surface area (Å²) in [6.07, 6.45) is 20.0.